The maximum Gasteiger partial charge on any atom is 0.288 e. The number of carbonyl (C=O) groups is 4. The average molecular weight is 512 g/mol. The minimum Gasteiger partial charge on any atom is -0.368 e. The highest BCUT2D eigenvalue weighted by atomic mass is 19.3. The molecule has 0 saturated heterocycles. The largest absolute Gasteiger partial charge is 0.368 e. The number of carbonyl (C=O) groups excluding carboxylic acids is 4. The van der Waals surface area contributed by atoms with Crippen LogP contribution in [0.1, 0.15) is 46.4 Å². The van der Waals surface area contributed by atoms with E-state index in [2.05, 4.69) is 10.6 Å². The summed E-state index contributed by atoms with van der Waals surface area (Å²) in [5.74, 6) is -9.28. The molecular formula is C23H21F5N4O4. The summed E-state index contributed by atoms with van der Waals surface area (Å²) in [7, 11) is 0. The first kappa shape index (κ1) is 25.3. The number of amides is 3. The first-order valence-corrected chi connectivity index (χ1v) is 10.8. The molecular weight excluding hydrogens is 491 g/mol. The topological polar surface area (TPSA) is 123 Å². The lowest BCUT2D eigenvalue weighted by molar-refractivity contribution is -0.165. The summed E-state index contributed by atoms with van der Waals surface area (Å²) >= 11 is 0. The number of hydrogen-bond acceptors (Lipinski definition) is 4. The van der Waals surface area contributed by atoms with Gasteiger partial charge in [0.05, 0.1) is 17.0 Å². The van der Waals surface area contributed by atoms with E-state index >= 15 is 0 Å². The van der Waals surface area contributed by atoms with Crippen molar-refractivity contribution in [1.82, 2.24) is 9.88 Å². The van der Waals surface area contributed by atoms with E-state index in [-0.39, 0.29) is 24.2 Å². The second kappa shape index (κ2) is 8.71. The molecule has 4 N–H and O–H groups in total. The van der Waals surface area contributed by atoms with Gasteiger partial charge in [0.1, 0.15) is 11.4 Å². The van der Waals surface area contributed by atoms with Crippen LogP contribution in [-0.4, -0.2) is 39.5 Å². The van der Waals surface area contributed by atoms with E-state index in [0.29, 0.717) is 11.3 Å². The number of halogens is 5. The third-order valence-corrected chi connectivity index (χ3v) is 6.49. The Balaban J connectivity index is 1.47. The van der Waals surface area contributed by atoms with Gasteiger partial charge in [-0.1, -0.05) is 0 Å². The SMILES string of the molecule is Cc1cn2c(c1C(=O)Nc1ccc(F)c(C(F)F)c1)CC(C(=O)C(=O)NC1(C(N)=O)CC(F)(F)C1)C2. The summed E-state index contributed by atoms with van der Waals surface area (Å²) in [5.41, 5.74) is 3.29. The molecule has 1 aliphatic heterocycles. The Morgan fingerprint density at radius 2 is 1.83 bits per heavy atom. The zero-order chi connectivity index (χ0) is 26.6. The summed E-state index contributed by atoms with van der Waals surface area (Å²) in [6.07, 6.45) is -3.56. The first-order chi connectivity index (χ1) is 16.7. The van der Waals surface area contributed by atoms with Crippen LogP contribution in [0, 0.1) is 18.7 Å². The van der Waals surface area contributed by atoms with Crippen molar-refractivity contribution in [3.05, 3.63) is 52.6 Å². The predicted octanol–water partition coefficient (Wildman–Crippen LogP) is 2.64. The quantitative estimate of drug-likeness (QED) is 0.390. The number of nitrogens with one attached hydrogen (secondary N) is 2. The number of fused-ring (bicyclic) bond motifs is 1. The smallest absolute Gasteiger partial charge is 0.288 e. The van der Waals surface area contributed by atoms with Crippen molar-refractivity contribution < 1.29 is 41.1 Å². The number of hydrogen-bond donors (Lipinski definition) is 3. The lowest BCUT2D eigenvalue weighted by atomic mass is 9.72. The van der Waals surface area contributed by atoms with Gasteiger partial charge in [-0.05, 0) is 30.7 Å². The zero-order valence-corrected chi connectivity index (χ0v) is 18.8. The van der Waals surface area contributed by atoms with Crippen molar-refractivity contribution in [3.8, 4) is 0 Å². The van der Waals surface area contributed by atoms with Crippen molar-refractivity contribution in [2.45, 2.75) is 50.6 Å². The molecule has 1 saturated carbocycles. The fourth-order valence-corrected chi connectivity index (χ4v) is 4.75. The summed E-state index contributed by atoms with van der Waals surface area (Å²) in [4.78, 5) is 49.8. The second-order valence-corrected chi connectivity index (χ2v) is 9.15. The molecule has 36 heavy (non-hydrogen) atoms. The molecule has 4 rings (SSSR count). The van der Waals surface area contributed by atoms with Crippen molar-refractivity contribution in [3.63, 3.8) is 0 Å². The minimum absolute atomic E-state index is 0.0154. The summed E-state index contributed by atoms with van der Waals surface area (Å²) < 4.78 is 67.8. The van der Waals surface area contributed by atoms with Gasteiger partial charge < -0.3 is 20.9 Å². The Morgan fingerprint density at radius 1 is 1.17 bits per heavy atom. The molecule has 1 atom stereocenters. The molecule has 3 amide bonds. The van der Waals surface area contributed by atoms with Crippen molar-refractivity contribution >= 4 is 29.2 Å². The van der Waals surface area contributed by atoms with E-state index in [1.165, 1.54) is 0 Å². The maximum atomic E-state index is 13.5. The number of nitrogens with zero attached hydrogens (tertiary/aromatic N) is 1. The van der Waals surface area contributed by atoms with E-state index in [4.69, 9.17) is 5.73 Å². The number of nitrogens with two attached hydrogens (primary N) is 1. The number of ketones is 1. The van der Waals surface area contributed by atoms with Gasteiger partial charge in [-0.25, -0.2) is 22.0 Å². The summed E-state index contributed by atoms with van der Waals surface area (Å²) in [6.45, 7) is 1.63. The van der Waals surface area contributed by atoms with Crippen LogP contribution in [0.5, 0.6) is 0 Å². The minimum atomic E-state index is -3.18. The molecule has 1 aromatic carbocycles. The van der Waals surface area contributed by atoms with Gasteiger partial charge in [-0.2, -0.15) is 0 Å². The number of alkyl halides is 4. The summed E-state index contributed by atoms with van der Waals surface area (Å²) in [5, 5.41) is 4.49. The van der Waals surface area contributed by atoms with E-state index in [1.54, 1.807) is 17.7 Å². The number of aryl methyl sites for hydroxylation is 1. The highest BCUT2D eigenvalue weighted by molar-refractivity contribution is 6.37. The summed E-state index contributed by atoms with van der Waals surface area (Å²) in [6, 6.07) is 2.75. The van der Waals surface area contributed by atoms with Gasteiger partial charge >= 0.3 is 0 Å². The predicted molar refractivity (Wildman–Crippen MR) is 115 cm³/mol. The Hall–Kier alpha value is -3.77. The van der Waals surface area contributed by atoms with E-state index in [9.17, 15) is 41.1 Å². The fraction of sp³-hybridized carbons (Fsp3) is 0.391. The Kier molecular flexibility index (Phi) is 6.13. The molecule has 13 heteroatoms. The van der Waals surface area contributed by atoms with Crippen LogP contribution in [0.25, 0.3) is 0 Å². The molecule has 1 fully saturated rings. The number of aromatic nitrogens is 1. The van der Waals surface area contributed by atoms with Crippen LogP contribution < -0.4 is 16.4 Å². The zero-order valence-electron chi connectivity index (χ0n) is 18.8. The van der Waals surface area contributed by atoms with Crippen LogP contribution in [-0.2, 0) is 27.3 Å². The Labute approximate surface area is 201 Å². The van der Waals surface area contributed by atoms with Gasteiger partial charge in [-0.3, -0.25) is 19.2 Å². The van der Waals surface area contributed by atoms with Crippen LogP contribution in [0.3, 0.4) is 0 Å². The number of benzene rings is 1. The maximum absolute atomic E-state index is 13.5. The Morgan fingerprint density at radius 3 is 2.42 bits per heavy atom. The van der Waals surface area contributed by atoms with Crippen LogP contribution in [0.15, 0.2) is 24.4 Å². The number of primary amides is 1. The molecule has 2 aliphatic rings. The van der Waals surface area contributed by atoms with Crippen molar-refractivity contribution in [2.75, 3.05) is 5.32 Å². The van der Waals surface area contributed by atoms with E-state index in [1.807, 2.05) is 0 Å². The lowest BCUT2D eigenvalue weighted by Gasteiger charge is -2.44. The van der Waals surface area contributed by atoms with Crippen LogP contribution >= 0.6 is 0 Å². The Bertz CT molecular complexity index is 1280. The second-order valence-electron chi connectivity index (χ2n) is 9.15. The molecule has 1 unspecified atom stereocenters. The molecule has 1 aromatic heterocycles. The molecule has 2 heterocycles. The van der Waals surface area contributed by atoms with Gasteiger partial charge in [0.25, 0.3) is 24.2 Å². The van der Waals surface area contributed by atoms with Gasteiger partial charge in [-0.15, -0.1) is 0 Å². The fourth-order valence-electron chi connectivity index (χ4n) is 4.75. The standard InChI is InChI=1S/C23H21F5N4O4/c1-10-6-32-7-11(17(33)20(35)31-22(21(29)36)8-23(27,28)9-22)4-15(32)16(10)19(34)30-12-2-3-14(24)13(5-12)18(25)26/h2-3,5-6,11,18H,4,7-9H2,1H3,(H2,29,36)(H,30,34)(H,31,35). The van der Waals surface area contributed by atoms with Crippen LogP contribution in [0.2, 0.25) is 0 Å². The number of Topliss-reactive ketones (excluding diaryl/α,β-unsaturated/α-hetero) is 1. The average Bonchev–Trinajstić information content (AvgIpc) is 3.28. The monoisotopic (exact) mass is 512 g/mol. The molecule has 2 aromatic rings. The van der Waals surface area contributed by atoms with Crippen molar-refractivity contribution in [1.29, 1.82) is 0 Å². The lowest BCUT2D eigenvalue weighted by Crippen LogP contribution is -2.69. The van der Waals surface area contributed by atoms with Gasteiger partial charge in [0.2, 0.25) is 11.7 Å². The number of rotatable bonds is 7. The van der Waals surface area contributed by atoms with E-state index in [0.717, 1.165) is 18.2 Å². The van der Waals surface area contributed by atoms with E-state index < -0.39 is 71.5 Å². The van der Waals surface area contributed by atoms with Gasteiger partial charge in [0, 0.05) is 43.4 Å². The van der Waals surface area contributed by atoms with Crippen molar-refractivity contribution in [2.24, 2.45) is 11.7 Å². The number of anilines is 1. The van der Waals surface area contributed by atoms with Crippen LogP contribution in [0.4, 0.5) is 27.6 Å². The van der Waals surface area contributed by atoms with Gasteiger partial charge in [0.15, 0.2) is 0 Å². The first-order valence-electron chi connectivity index (χ1n) is 10.8. The highest BCUT2D eigenvalue weighted by Gasteiger charge is 2.61. The molecule has 1 aliphatic carbocycles. The molecule has 192 valence electrons. The third kappa shape index (κ3) is 4.44. The molecule has 0 bridgehead atoms. The molecule has 0 spiro atoms. The normalized spacial score (nSPS) is 19.4. The molecule has 0 radical (unpaired) electrons. The highest BCUT2D eigenvalue weighted by Crippen LogP contribution is 2.45. The third-order valence-electron chi connectivity index (χ3n) is 6.49. The molecule has 8 nitrogen and oxygen atoms in total.